The minimum atomic E-state index is 0.269. The molecule has 1 aliphatic carbocycles. The van der Waals surface area contributed by atoms with Gasteiger partial charge >= 0.3 is 0 Å². The fourth-order valence-electron chi connectivity index (χ4n) is 6.28. The summed E-state index contributed by atoms with van der Waals surface area (Å²) in [6.07, 6.45) is 7.66. The zero-order valence-corrected chi connectivity index (χ0v) is 23.7. The van der Waals surface area contributed by atoms with Crippen molar-refractivity contribution in [2.45, 2.75) is 31.9 Å². The molecule has 202 valence electrons. The van der Waals surface area contributed by atoms with E-state index in [9.17, 15) is 0 Å². The lowest BCUT2D eigenvalue weighted by Crippen LogP contribution is -2.29. The van der Waals surface area contributed by atoms with Crippen LogP contribution in [-0.2, 0) is 6.61 Å². The van der Waals surface area contributed by atoms with Gasteiger partial charge in [0.15, 0.2) is 0 Å². The Balaban J connectivity index is 1.09. The minimum absolute atomic E-state index is 0.269. The van der Waals surface area contributed by atoms with Crippen LogP contribution < -0.4 is 10.1 Å². The molecular weight excluding hydrogens is 524 g/mol. The number of benzene rings is 5. The topological polar surface area (TPSA) is 33.6 Å². The van der Waals surface area contributed by atoms with E-state index in [0.717, 1.165) is 29.0 Å². The third-order valence-corrected chi connectivity index (χ3v) is 8.59. The normalized spacial score (nSPS) is 19.2. The molecule has 0 amide bonds. The summed E-state index contributed by atoms with van der Waals surface area (Å²) in [6.45, 7) is 2.63. The summed E-state index contributed by atoms with van der Waals surface area (Å²) < 4.78 is 6.29. The van der Waals surface area contributed by atoms with Crippen LogP contribution in [0, 0.1) is 12.8 Å². The molecule has 0 aromatic heterocycles. The Labute approximate surface area is 246 Å². The number of hydrogen-bond acceptors (Lipinski definition) is 3. The Morgan fingerprint density at radius 1 is 0.927 bits per heavy atom. The Morgan fingerprint density at radius 3 is 2.68 bits per heavy atom. The average Bonchev–Trinajstić information content (AvgIpc) is 3.50. The first-order valence-corrected chi connectivity index (χ1v) is 14.6. The van der Waals surface area contributed by atoms with Crippen LogP contribution in [0.5, 0.6) is 5.75 Å². The number of hydrogen-bond donors (Lipinski definition) is 1. The second-order valence-corrected chi connectivity index (χ2v) is 11.5. The van der Waals surface area contributed by atoms with Gasteiger partial charge in [0.2, 0.25) is 0 Å². The van der Waals surface area contributed by atoms with Crippen molar-refractivity contribution >= 4 is 40.0 Å². The second kappa shape index (κ2) is 10.9. The van der Waals surface area contributed by atoms with Crippen LogP contribution in [-0.4, -0.2) is 6.21 Å². The monoisotopic (exact) mass is 554 g/mol. The second-order valence-electron chi connectivity index (χ2n) is 11.0. The molecule has 0 saturated carbocycles. The van der Waals surface area contributed by atoms with Crippen LogP contribution in [0.25, 0.3) is 10.8 Å². The molecule has 0 unspecified atom stereocenters. The highest BCUT2D eigenvalue weighted by Gasteiger charge is 2.37. The Bertz CT molecular complexity index is 1780. The van der Waals surface area contributed by atoms with E-state index in [0.29, 0.717) is 23.5 Å². The zero-order chi connectivity index (χ0) is 27.8. The van der Waals surface area contributed by atoms with Gasteiger partial charge in [-0.25, -0.2) is 0 Å². The number of aliphatic imine (C=N–C) groups is 1. The van der Waals surface area contributed by atoms with Crippen molar-refractivity contribution in [1.29, 1.82) is 0 Å². The van der Waals surface area contributed by atoms with Gasteiger partial charge in [-0.05, 0) is 83.1 Å². The number of allylic oxidation sites excluding steroid dienone is 2. The van der Waals surface area contributed by atoms with E-state index < -0.39 is 0 Å². The number of fused-ring (bicyclic) bond motifs is 4. The maximum absolute atomic E-state index is 6.36. The van der Waals surface area contributed by atoms with Crippen molar-refractivity contribution in [3.05, 3.63) is 148 Å². The first kappa shape index (κ1) is 25.6. The maximum Gasteiger partial charge on any atom is 0.128 e. The first-order valence-electron chi connectivity index (χ1n) is 14.2. The number of halogens is 1. The van der Waals surface area contributed by atoms with Gasteiger partial charge in [-0.2, -0.15) is 0 Å². The quantitative estimate of drug-likeness (QED) is 0.167. The lowest BCUT2D eigenvalue weighted by molar-refractivity contribution is 0.307. The van der Waals surface area contributed by atoms with Gasteiger partial charge in [0.25, 0.3) is 0 Å². The molecule has 0 fully saturated rings. The van der Waals surface area contributed by atoms with Gasteiger partial charge < -0.3 is 10.1 Å². The van der Waals surface area contributed by atoms with Crippen molar-refractivity contribution in [3.63, 3.8) is 0 Å². The number of ether oxygens (including phenoxy) is 1. The maximum atomic E-state index is 6.36. The molecule has 0 saturated heterocycles. The molecule has 3 atom stereocenters. The molecule has 2 aliphatic rings. The van der Waals surface area contributed by atoms with E-state index in [-0.39, 0.29) is 6.04 Å². The van der Waals surface area contributed by atoms with E-state index in [2.05, 4.69) is 109 Å². The van der Waals surface area contributed by atoms with Crippen molar-refractivity contribution in [3.8, 4) is 5.75 Å². The smallest absolute Gasteiger partial charge is 0.128 e. The zero-order valence-electron chi connectivity index (χ0n) is 22.9. The molecular formula is C37H31ClN2O. The average molecular weight is 555 g/mol. The summed E-state index contributed by atoms with van der Waals surface area (Å²) in [4.78, 5) is 4.79. The highest BCUT2D eigenvalue weighted by atomic mass is 35.5. The molecule has 1 heterocycles. The number of anilines is 1. The summed E-state index contributed by atoms with van der Waals surface area (Å²) in [5.41, 5.74) is 8.14. The molecule has 0 spiro atoms. The molecule has 3 nitrogen and oxygen atoms in total. The Hall–Kier alpha value is -4.34. The van der Waals surface area contributed by atoms with E-state index in [4.69, 9.17) is 21.3 Å². The molecule has 0 radical (unpaired) electrons. The van der Waals surface area contributed by atoms with Gasteiger partial charge in [0.1, 0.15) is 12.4 Å². The lowest BCUT2D eigenvalue weighted by atomic mass is 9.76. The van der Waals surface area contributed by atoms with E-state index in [1.807, 2.05) is 24.4 Å². The number of nitrogens with one attached hydrogen (secondary N) is 1. The third kappa shape index (κ3) is 5.14. The molecule has 41 heavy (non-hydrogen) atoms. The summed E-state index contributed by atoms with van der Waals surface area (Å²) in [6, 6.07) is 36.0. The molecule has 1 aliphatic heterocycles. The fraction of sp³-hybridized carbons (Fsp3) is 0.162. The highest BCUT2D eigenvalue weighted by Crippen LogP contribution is 2.50. The summed E-state index contributed by atoms with van der Waals surface area (Å²) >= 11 is 6.36. The van der Waals surface area contributed by atoms with E-state index >= 15 is 0 Å². The van der Waals surface area contributed by atoms with Crippen LogP contribution in [0.1, 0.15) is 46.2 Å². The van der Waals surface area contributed by atoms with Crippen molar-refractivity contribution < 1.29 is 4.74 Å². The van der Waals surface area contributed by atoms with Gasteiger partial charge in [-0.1, -0.05) is 96.0 Å². The van der Waals surface area contributed by atoms with Gasteiger partial charge in [0, 0.05) is 28.4 Å². The van der Waals surface area contributed by atoms with E-state index in [1.54, 1.807) is 0 Å². The third-order valence-electron chi connectivity index (χ3n) is 8.36. The van der Waals surface area contributed by atoms with Gasteiger partial charge in [0.05, 0.1) is 11.7 Å². The van der Waals surface area contributed by atoms with Crippen LogP contribution in [0.2, 0.25) is 5.02 Å². The summed E-state index contributed by atoms with van der Waals surface area (Å²) in [5.74, 6) is 1.73. The van der Waals surface area contributed by atoms with Gasteiger partial charge in [-0.3, -0.25) is 4.99 Å². The van der Waals surface area contributed by atoms with E-state index in [1.165, 1.54) is 33.2 Å². The van der Waals surface area contributed by atoms with Crippen LogP contribution in [0.4, 0.5) is 11.4 Å². The Morgan fingerprint density at radius 2 is 1.78 bits per heavy atom. The van der Waals surface area contributed by atoms with Crippen LogP contribution >= 0.6 is 11.6 Å². The first-order chi connectivity index (χ1) is 20.1. The minimum Gasteiger partial charge on any atom is -0.488 e. The number of aryl methyl sites for hydroxylation is 1. The van der Waals surface area contributed by atoms with Crippen LogP contribution in [0.15, 0.2) is 120 Å². The highest BCUT2D eigenvalue weighted by molar-refractivity contribution is 6.30. The molecule has 0 bridgehead atoms. The SMILES string of the molecule is Cc1ccc2c(c1)[C@@H]1C=CC[C@@H]1[C@@H](c1ccc(N=Cc3cc(Cl)ccc3OCc3cccc4ccccc34)cc1)N2. The molecule has 7 rings (SSSR count). The van der Waals surface area contributed by atoms with Crippen molar-refractivity contribution in [2.24, 2.45) is 10.9 Å². The van der Waals surface area contributed by atoms with Crippen molar-refractivity contribution in [1.82, 2.24) is 0 Å². The standard InChI is InChI=1S/C37H31ClN2O/c1-24-12-18-35-34(20-24)32-10-5-11-33(32)37(40-35)26-13-16-30(17-14-26)39-22-28-21-29(38)15-19-36(28)41-23-27-8-4-7-25-6-2-3-9-31(25)27/h2-10,12-22,32-33,37,40H,11,23H2,1H3/t32-,33+,37-/m1/s1. The molecule has 1 N–H and O–H groups in total. The van der Waals surface area contributed by atoms with Gasteiger partial charge in [-0.15, -0.1) is 0 Å². The summed E-state index contributed by atoms with van der Waals surface area (Å²) in [5, 5.41) is 6.89. The predicted octanol–water partition coefficient (Wildman–Crippen LogP) is 9.96. The largest absolute Gasteiger partial charge is 0.488 e. The molecule has 5 aromatic rings. The Kier molecular flexibility index (Phi) is 6.82. The summed E-state index contributed by atoms with van der Waals surface area (Å²) in [7, 11) is 0. The van der Waals surface area contributed by atoms with Crippen molar-refractivity contribution in [2.75, 3.05) is 5.32 Å². The number of rotatable bonds is 6. The van der Waals surface area contributed by atoms with Crippen LogP contribution in [0.3, 0.4) is 0 Å². The lowest BCUT2D eigenvalue weighted by Gasteiger charge is -2.37. The number of nitrogens with zero attached hydrogens (tertiary/aromatic N) is 1. The molecule has 5 aromatic carbocycles. The fourth-order valence-corrected chi connectivity index (χ4v) is 6.46. The predicted molar refractivity (Wildman–Crippen MR) is 171 cm³/mol. The molecule has 4 heteroatoms.